The summed E-state index contributed by atoms with van der Waals surface area (Å²) in [6.45, 7) is 7.12. The van der Waals surface area contributed by atoms with E-state index in [0.717, 1.165) is 5.69 Å². The monoisotopic (exact) mass is 467 g/mol. The van der Waals surface area contributed by atoms with E-state index in [1.807, 2.05) is 18.7 Å². The summed E-state index contributed by atoms with van der Waals surface area (Å²) >= 11 is 0. The molecule has 1 N–H and O–H groups in total. The number of halogens is 1. The molecule has 0 aliphatic carbocycles. The Morgan fingerprint density at radius 1 is 1.27 bits per heavy atom. The van der Waals surface area contributed by atoms with Gasteiger partial charge in [-0.3, -0.25) is 4.79 Å². The fourth-order valence-corrected chi connectivity index (χ4v) is 3.96. The number of anilines is 1. The number of carbonyl (C=O) groups excluding carboxylic acids is 2. The van der Waals surface area contributed by atoms with Crippen LogP contribution in [0.1, 0.15) is 50.5 Å². The van der Waals surface area contributed by atoms with Crippen LogP contribution in [0.2, 0.25) is 0 Å². The largest absolute Gasteiger partial charge is 0.473 e. The number of nitrogens with one attached hydrogen (secondary N) is 1. The van der Waals surface area contributed by atoms with Crippen molar-refractivity contribution in [1.82, 2.24) is 10.3 Å². The Morgan fingerprint density at radius 3 is 2.58 bits per heavy atom. The second-order valence-corrected chi connectivity index (χ2v) is 8.35. The molecule has 0 bridgehead atoms. The molecule has 2 saturated heterocycles. The van der Waals surface area contributed by atoms with Gasteiger partial charge in [0.15, 0.2) is 0 Å². The molecule has 0 aromatic carbocycles. The lowest BCUT2D eigenvalue weighted by molar-refractivity contribution is -0.151. The summed E-state index contributed by atoms with van der Waals surface area (Å²) in [5.41, 5.74) is -0.299. The summed E-state index contributed by atoms with van der Waals surface area (Å²) in [6, 6.07) is 3.36. The zero-order chi connectivity index (χ0) is 24.0. The van der Waals surface area contributed by atoms with Gasteiger partial charge in [-0.25, -0.2) is 14.2 Å². The Morgan fingerprint density at radius 2 is 2.00 bits per heavy atom. The molecule has 2 unspecified atom stereocenters. The minimum absolute atomic E-state index is 0.0579. The number of esters is 1. The Labute approximate surface area is 193 Å². The Bertz CT molecular complexity index is 828. The van der Waals surface area contributed by atoms with Gasteiger partial charge < -0.3 is 29.2 Å². The Kier molecular flexibility index (Phi) is 8.47. The summed E-state index contributed by atoms with van der Waals surface area (Å²) in [6.07, 6.45) is -0.228. The molecule has 0 saturated carbocycles. The fourth-order valence-electron chi connectivity index (χ4n) is 3.96. The lowest BCUT2D eigenvalue weighted by atomic mass is 9.92. The standard InChI is InChI=1S/C23H34FN3O6/c1-5-23(6-2,22(29)31-7-3)26-20(28)18-8-9-19(27-11-17(12-27)30-4)21(25-18)33-14-16-10-15(24)13-32-16/h8-9,15-17H,5-7,10-14H2,1-4H3,(H,26,28). The number of ether oxygens (including phenoxy) is 4. The highest BCUT2D eigenvalue weighted by Crippen LogP contribution is 2.32. The van der Waals surface area contributed by atoms with Crippen molar-refractivity contribution in [3.63, 3.8) is 0 Å². The molecule has 0 radical (unpaired) electrons. The molecule has 2 aliphatic heterocycles. The number of rotatable bonds is 11. The summed E-state index contributed by atoms with van der Waals surface area (Å²) in [4.78, 5) is 32.1. The van der Waals surface area contributed by atoms with Crippen LogP contribution in [0.25, 0.3) is 0 Å². The van der Waals surface area contributed by atoms with Crippen molar-refractivity contribution in [2.24, 2.45) is 0 Å². The van der Waals surface area contributed by atoms with Crippen LogP contribution in [-0.4, -0.2) is 80.8 Å². The third kappa shape index (κ3) is 5.73. The smallest absolute Gasteiger partial charge is 0.331 e. The predicted molar refractivity (Wildman–Crippen MR) is 119 cm³/mol. The van der Waals surface area contributed by atoms with Crippen molar-refractivity contribution in [3.05, 3.63) is 17.8 Å². The van der Waals surface area contributed by atoms with E-state index in [1.165, 1.54) is 0 Å². The summed E-state index contributed by atoms with van der Waals surface area (Å²) in [5.74, 6) is -0.706. The maximum Gasteiger partial charge on any atom is 0.331 e. The minimum Gasteiger partial charge on any atom is -0.473 e. The zero-order valence-electron chi connectivity index (χ0n) is 19.8. The first-order valence-electron chi connectivity index (χ1n) is 11.5. The number of methoxy groups -OCH3 is 1. The number of alkyl halides is 1. The molecule has 0 spiro atoms. The summed E-state index contributed by atoms with van der Waals surface area (Å²) < 4.78 is 35.3. The number of hydrogen-bond acceptors (Lipinski definition) is 8. The number of aromatic nitrogens is 1. The van der Waals surface area contributed by atoms with Gasteiger partial charge in [0.05, 0.1) is 25.4 Å². The maximum absolute atomic E-state index is 13.5. The molecular formula is C23H34FN3O6. The van der Waals surface area contributed by atoms with E-state index in [1.54, 1.807) is 26.2 Å². The summed E-state index contributed by atoms with van der Waals surface area (Å²) in [7, 11) is 1.66. The maximum atomic E-state index is 13.5. The average Bonchev–Trinajstić information content (AvgIpc) is 3.21. The second kappa shape index (κ2) is 11.1. The van der Waals surface area contributed by atoms with Gasteiger partial charge in [0, 0.05) is 26.6 Å². The number of amides is 1. The highest BCUT2D eigenvalue weighted by molar-refractivity contribution is 5.97. The van der Waals surface area contributed by atoms with Gasteiger partial charge in [-0.05, 0) is 31.9 Å². The topological polar surface area (TPSA) is 99.2 Å². The molecule has 2 fully saturated rings. The quantitative estimate of drug-likeness (QED) is 0.495. The molecule has 1 aromatic heterocycles. The van der Waals surface area contributed by atoms with Crippen molar-refractivity contribution < 1.29 is 32.9 Å². The first-order chi connectivity index (χ1) is 15.9. The van der Waals surface area contributed by atoms with Crippen molar-refractivity contribution in [3.8, 4) is 5.88 Å². The minimum atomic E-state index is -1.13. The van der Waals surface area contributed by atoms with Crippen LogP contribution in [0, 0.1) is 0 Å². The van der Waals surface area contributed by atoms with E-state index in [4.69, 9.17) is 18.9 Å². The number of pyridine rings is 1. The molecule has 9 nitrogen and oxygen atoms in total. The van der Waals surface area contributed by atoms with Gasteiger partial charge in [0.25, 0.3) is 5.91 Å². The molecule has 2 atom stereocenters. The first-order valence-corrected chi connectivity index (χ1v) is 11.5. The molecule has 1 amide bonds. The SMILES string of the molecule is CCOC(=O)C(CC)(CC)NC(=O)c1ccc(N2CC(OC)C2)c(OCC2CC(F)CO2)n1. The van der Waals surface area contributed by atoms with Gasteiger partial charge in [0.1, 0.15) is 29.7 Å². The van der Waals surface area contributed by atoms with Gasteiger partial charge >= 0.3 is 5.97 Å². The van der Waals surface area contributed by atoms with Crippen LogP contribution in [-0.2, 0) is 19.0 Å². The normalized spacial score (nSPS) is 20.9. The highest BCUT2D eigenvalue weighted by atomic mass is 19.1. The van der Waals surface area contributed by atoms with Crippen LogP contribution < -0.4 is 15.0 Å². The lowest BCUT2D eigenvalue weighted by Crippen LogP contribution is -2.54. The number of carbonyl (C=O) groups is 2. The number of nitrogens with zero attached hydrogens (tertiary/aromatic N) is 2. The van der Waals surface area contributed by atoms with Crippen LogP contribution in [0.15, 0.2) is 12.1 Å². The first kappa shape index (κ1) is 25.2. The van der Waals surface area contributed by atoms with Crippen LogP contribution in [0.5, 0.6) is 5.88 Å². The van der Waals surface area contributed by atoms with Crippen molar-refractivity contribution in [1.29, 1.82) is 0 Å². The van der Waals surface area contributed by atoms with Crippen LogP contribution in [0.3, 0.4) is 0 Å². The predicted octanol–water partition coefficient (Wildman–Crippen LogP) is 2.27. The summed E-state index contributed by atoms with van der Waals surface area (Å²) in [5, 5.41) is 2.81. The zero-order valence-corrected chi connectivity index (χ0v) is 19.8. The van der Waals surface area contributed by atoms with Crippen molar-refractivity contribution in [2.75, 3.05) is 44.9 Å². The van der Waals surface area contributed by atoms with Crippen molar-refractivity contribution >= 4 is 17.6 Å². The van der Waals surface area contributed by atoms with E-state index < -0.39 is 23.6 Å². The average molecular weight is 468 g/mol. The molecule has 2 aliphatic rings. The third-order valence-corrected chi connectivity index (χ3v) is 6.26. The molecule has 10 heteroatoms. The molecule has 3 rings (SSSR count). The molecular weight excluding hydrogens is 433 g/mol. The van der Waals surface area contributed by atoms with E-state index in [9.17, 15) is 14.0 Å². The van der Waals surface area contributed by atoms with Gasteiger partial charge in [-0.1, -0.05) is 13.8 Å². The van der Waals surface area contributed by atoms with Gasteiger partial charge in [-0.2, -0.15) is 0 Å². The van der Waals surface area contributed by atoms with Gasteiger partial charge in [-0.15, -0.1) is 0 Å². The number of hydrogen-bond donors (Lipinski definition) is 1. The Hall–Kier alpha value is -2.46. The van der Waals surface area contributed by atoms with Crippen LogP contribution in [0.4, 0.5) is 10.1 Å². The Balaban J connectivity index is 1.79. The van der Waals surface area contributed by atoms with E-state index in [0.29, 0.717) is 25.9 Å². The fraction of sp³-hybridized carbons (Fsp3) is 0.696. The van der Waals surface area contributed by atoms with E-state index in [2.05, 4.69) is 10.3 Å². The molecule has 3 heterocycles. The molecule has 1 aromatic rings. The third-order valence-electron chi connectivity index (χ3n) is 6.26. The van der Waals surface area contributed by atoms with E-state index >= 15 is 0 Å². The molecule has 184 valence electrons. The van der Waals surface area contributed by atoms with E-state index in [-0.39, 0.29) is 50.0 Å². The molecule has 33 heavy (non-hydrogen) atoms. The van der Waals surface area contributed by atoms with Gasteiger partial charge in [0.2, 0.25) is 5.88 Å². The van der Waals surface area contributed by atoms with Crippen LogP contribution >= 0.6 is 0 Å². The highest BCUT2D eigenvalue weighted by Gasteiger charge is 2.39. The lowest BCUT2D eigenvalue weighted by Gasteiger charge is -2.40. The van der Waals surface area contributed by atoms with Crippen molar-refractivity contribution in [2.45, 2.75) is 64.0 Å². The second-order valence-electron chi connectivity index (χ2n) is 8.35.